The average molecular weight is 331 g/mol. The third-order valence-electron chi connectivity index (χ3n) is 4.51. The summed E-state index contributed by atoms with van der Waals surface area (Å²) in [4.78, 5) is 0. The quantitative estimate of drug-likeness (QED) is 0.417. The van der Waals surface area contributed by atoms with Crippen LogP contribution in [0.4, 0.5) is 0 Å². The number of benzene rings is 4. The van der Waals surface area contributed by atoms with Crippen LogP contribution in [0.5, 0.6) is 0 Å². The Kier molecular flexibility index (Phi) is 4.33. The summed E-state index contributed by atoms with van der Waals surface area (Å²) in [5.41, 5.74) is 7.76. The van der Waals surface area contributed by atoms with Crippen molar-refractivity contribution < 1.29 is 0 Å². The van der Waals surface area contributed by atoms with Gasteiger partial charge in [0.15, 0.2) is 0 Å². The van der Waals surface area contributed by atoms with E-state index in [2.05, 4.69) is 78.9 Å². The van der Waals surface area contributed by atoms with E-state index < -0.39 is 0 Å². The van der Waals surface area contributed by atoms with Crippen molar-refractivity contribution >= 4 is 0 Å². The van der Waals surface area contributed by atoms with Gasteiger partial charge in [0.05, 0.1) is 11.6 Å². The Hall–Kier alpha value is -3.63. The third kappa shape index (κ3) is 3.27. The van der Waals surface area contributed by atoms with Gasteiger partial charge in [0.2, 0.25) is 0 Å². The van der Waals surface area contributed by atoms with Crippen molar-refractivity contribution in [2.45, 2.75) is 0 Å². The molecule has 0 bridgehead atoms. The van der Waals surface area contributed by atoms with Crippen LogP contribution in [0.25, 0.3) is 33.4 Å². The van der Waals surface area contributed by atoms with E-state index in [4.69, 9.17) is 5.26 Å². The van der Waals surface area contributed by atoms with E-state index in [1.54, 1.807) is 0 Å². The van der Waals surface area contributed by atoms with Gasteiger partial charge >= 0.3 is 0 Å². The highest BCUT2D eigenvalue weighted by molar-refractivity contribution is 5.77. The summed E-state index contributed by atoms with van der Waals surface area (Å²) in [5.74, 6) is 0. The first-order chi connectivity index (χ1) is 12.8. The van der Waals surface area contributed by atoms with Crippen LogP contribution in [0.15, 0.2) is 103 Å². The molecule has 0 heterocycles. The summed E-state index contributed by atoms with van der Waals surface area (Å²) in [7, 11) is 0. The molecular formula is C25H17N. The molecule has 4 rings (SSSR count). The Morgan fingerprint density at radius 2 is 0.846 bits per heavy atom. The topological polar surface area (TPSA) is 23.8 Å². The van der Waals surface area contributed by atoms with Crippen LogP contribution in [0.2, 0.25) is 0 Å². The Labute approximate surface area is 153 Å². The first-order valence-electron chi connectivity index (χ1n) is 8.60. The van der Waals surface area contributed by atoms with Crippen molar-refractivity contribution in [2.75, 3.05) is 0 Å². The molecule has 4 aromatic carbocycles. The molecule has 1 nitrogen and oxygen atoms in total. The number of rotatable bonds is 3. The molecule has 0 saturated heterocycles. The average Bonchev–Trinajstić information content (AvgIpc) is 2.75. The zero-order chi connectivity index (χ0) is 17.8. The summed E-state index contributed by atoms with van der Waals surface area (Å²) in [6.07, 6.45) is 0. The predicted octanol–water partition coefficient (Wildman–Crippen LogP) is 6.56. The summed E-state index contributed by atoms with van der Waals surface area (Å²) in [5, 5.41) is 8.96. The Balaban J connectivity index is 1.72. The molecule has 4 aromatic rings. The van der Waals surface area contributed by atoms with Gasteiger partial charge in [-0.2, -0.15) is 5.26 Å². The zero-order valence-corrected chi connectivity index (χ0v) is 14.3. The molecule has 0 aliphatic heterocycles. The molecule has 26 heavy (non-hydrogen) atoms. The van der Waals surface area contributed by atoms with Crippen LogP contribution in [-0.4, -0.2) is 0 Å². The monoisotopic (exact) mass is 331 g/mol. The van der Waals surface area contributed by atoms with E-state index in [1.165, 1.54) is 22.3 Å². The van der Waals surface area contributed by atoms with Gasteiger partial charge in [0.1, 0.15) is 0 Å². The molecule has 0 aromatic heterocycles. The van der Waals surface area contributed by atoms with Crippen molar-refractivity contribution in [2.24, 2.45) is 0 Å². The van der Waals surface area contributed by atoms with Gasteiger partial charge in [0, 0.05) is 0 Å². The summed E-state index contributed by atoms with van der Waals surface area (Å²) in [6, 6.07) is 37.4. The second kappa shape index (κ2) is 7.09. The van der Waals surface area contributed by atoms with Crippen molar-refractivity contribution in [1.29, 1.82) is 5.26 Å². The van der Waals surface area contributed by atoms with Crippen LogP contribution >= 0.6 is 0 Å². The lowest BCUT2D eigenvalue weighted by molar-refractivity contribution is 1.48. The van der Waals surface area contributed by atoms with E-state index in [0.717, 1.165) is 11.1 Å². The SMILES string of the molecule is N#Cc1ccc(-c2cccc(-c3cccc(-c4ccccc4)c3)c2)cc1. The molecule has 0 spiro atoms. The van der Waals surface area contributed by atoms with Crippen molar-refractivity contribution in [1.82, 2.24) is 0 Å². The second-order valence-electron chi connectivity index (χ2n) is 6.22. The highest BCUT2D eigenvalue weighted by Gasteiger charge is 2.04. The molecule has 0 fully saturated rings. The lowest BCUT2D eigenvalue weighted by atomic mass is 9.96. The summed E-state index contributed by atoms with van der Waals surface area (Å²) in [6.45, 7) is 0. The molecule has 0 aliphatic carbocycles. The minimum atomic E-state index is 0.681. The number of hydrogen-bond acceptors (Lipinski definition) is 1. The highest BCUT2D eigenvalue weighted by Crippen LogP contribution is 2.29. The van der Waals surface area contributed by atoms with Crippen LogP contribution in [-0.2, 0) is 0 Å². The first kappa shape index (κ1) is 15.9. The first-order valence-corrected chi connectivity index (χ1v) is 8.60. The van der Waals surface area contributed by atoms with Crippen LogP contribution < -0.4 is 0 Å². The maximum Gasteiger partial charge on any atom is 0.0991 e. The van der Waals surface area contributed by atoms with Gasteiger partial charge in [0.25, 0.3) is 0 Å². The van der Waals surface area contributed by atoms with E-state index in [9.17, 15) is 0 Å². The fourth-order valence-electron chi connectivity index (χ4n) is 3.12. The fourth-order valence-corrected chi connectivity index (χ4v) is 3.12. The van der Waals surface area contributed by atoms with Gasteiger partial charge in [-0.3, -0.25) is 0 Å². The molecule has 0 aliphatic rings. The maximum absolute atomic E-state index is 8.96. The van der Waals surface area contributed by atoms with Gasteiger partial charge in [-0.05, 0) is 57.6 Å². The van der Waals surface area contributed by atoms with Crippen LogP contribution in [0, 0.1) is 11.3 Å². The van der Waals surface area contributed by atoms with E-state index in [0.29, 0.717) is 5.56 Å². The highest BCUT2D eigenvalue weighted by atomic mass is 14.2. The van der Waals surface area contributed by atoms with Crippen LogP contribution in [0.1, 0.15) is 5.56 Å². The fraction of sp³-hybridized carbons (Fsp3) is 0. The zero-order valence-electron chi connectivity index (χ0n) is 14.3. The van der Waals surface area contributed by atoms with Gasteiger partial charge in [-0.15, -0.1) is 0 Å². The van der Waals surface area contributed by atoms with Gasteiger partial charge in [-0.1, -0.05) is 78.9 Å². The molecular weight excluding hydrogens is 314 g/mol. The molecule has 0 amide bonds. The van der Waals surface area contributed by atoms with Gasteiger partial charge < -0.3 is 0 Å². The van der Waals surface area contributed by atoms with Gasteiger partial charge in [-0.25, -0.2) is 0 Å². The Morgan fingerprint density at radius 3 is 1.35 bits per heavy atom. The Bertz CT molecular complexity index is 1070. The minimum absolute atomic E-state index is 0.681. The standard InChI is InChI=1S/C25H17N/c26-18-19-12-14-21(15-13-19)23-9-5-11-25(17-23)24-10-4-8-22(16-24)20-6-2-1-3-7-20/h1-17H. The largest absolute Gasteiger partial charge is 0.192 e. The van der Waals surface area contributed by atoms with Crippen molar-refractivity contribution in [3.8, 4) is 39.4 Å². The summed E-state index contributed by atoms with van der Waals surface area (Å²) >= 11 is 0. The van der Waals surface area contributed by atoms with E-state index in [-0.39, 0.29) is 0 Å². The molecule has 122 valence electrons. The molecule has 0 N–H and O–H groups in total. The normalized spacial score (nSPS) is 10.3. The van der Waals surface area contributed by atoms with E-state index >= 15 is 0 Å². The Morgan fingerprint density at radius 1 is 0.423 bits per heavy atom. The lowest BCUT2D eigenvalue weighted by Gasteiger charge is -2.08. The molecule has 0 atom stereocenters. The third-order valence-corrected chi connectivity index (χ3v) is 4.51. The van der Waals surface area contributed by atoms with Crippen molar-refractivity contribution in [3.05, 3.63) is 109 Å². The molecule has 0 saturated carbocycles. The number of hydrogen-bond donors (Lipinski definition) is 0. The molecule has 0 radical (unpaired) electrons. The smallest absolute Gasteiger partial charge is 0.0991 e. The lowest BCUT2D eigenvalue weighted by Crippen LogP contribution is -1.84. The van der Waals surface area contributed by atoms with E-state index in [1.807, 2.05) is 30.3 Å². The maximum atomic E-state index is 8.96. The number of nitriles is 1. The summed E-state index contributed by atoms with van der Waals surface area (Å²) < 4.78 is 0. The molecule has 1 heteroatoms. The molecule has 0 unspecified atom stereocenters. The second-order valence-corrected chi connectivity index (χ2v) is 6.22. The van der Waals surface area contributed by atoms with Crippen LogP contribution in [0.3, 0.4) is 0 Å². The number of nitrogens with zero attached hydrogens (tertiary/aromatic N) is 1. The minimum Gasteiger partial charge on any atom is -0.192 e. The van der Waals surface area contributed by atoms with Crippen molar-refractivity contribution in [3.63, 3.8) is 0 Å². The predicted molar refractivity (Wildman–Crippen MR) is 107 cm³/mol.